The molecule has 0 aliphatic rings. The lowest BCUT2D eigenvalue weighted by Gasteiger charge is -2.08. The van der Waals surface area contributed by atoms with Crippen LogP contribution in [0.15, 0.2) is 70.9 Å². The Morgan fingerprint density at radius 2 is 1.81 bits per heavy atom. The Morgan fingerprint density at radius 1 is 1.04 bits per heavy atom. The van der Waals surface area contributed by atoms with Crippen LogP contribution in [-0.4, -0.2) is 14.3 Å². The third-order valence-corrected chi connectivity index (χ3v) is 6.32. The van der Waals surface area contributed by atoms with Crippen molar-refractivity contribution >= 4 is 39.0 Å². The van der Waals surface area contributed by atoms with E-state index in [0.717, 1.165) is 16.9 Å². The van der Waals surface area contributed by atoms with Crippen LogP contribution in [-0.2, 0) is 16.7 Å². The summed E-state index contributed by atoms with van der Waals surface area (Å²) < 4.78 is 29.9. The van der Waals surface area contributed by atoms with Gasteiger partial charge in [-0.2, -0.15) is 8.42 Å². The fourth-order valence-corrected chi connectivity index (χ4v) is 4.54. The smallest absolute Gasteiger partial charge is 0.348 e. The van der Waals surface area contributed by atoms with Crippen molar-refractivity contribution in [1.29, 1.82) is 0 Å². The average Bonchev–Trinajstić information content (AvgIpc) is 3.08. The zero-order chi connectivity index (χ0) is 18.6. The maximum atomic E-state index is 12.3. The molecule has 3 aromatic rings. The predicted molar refractivity (Wildman–Crippen MR) is 101 cm³/mol. The van der Waals surface area contributed by atoms with Gasteiger partial charge in [0.1, 0.15) is 5.75 Å². The number of hydrogen-bond acceptors (Lipinski definition) is 5. The molecule has 5 nitrogen and oxygen atoms in total. The van der Waals surface area contributed by atoms with Crippen molar-refractivity contribution in [1.82, 2.24) is 5.32 Å². The Labute approximate surface area is 160 Å². The number of halogens is 1. The van der Waals surface area contributed by atoms with Crippen LogP contribution in [0.1, 0.15) is 15.9 Å². The van der Waals surface area contributed by atoms with Crippen LogP contribution < -0.4 is 9.50 Å². The number of carbonyl (C=O) groups excluding carboxylic acids is 1. The van der Waals surface area contributed by atoms with Gasteiger partial charge < -0.3 is 9.50 Å². The first-order chi connectivity index (χ1) is 12.4. The van der Waals surface area contributed by atoms with Crippen molar-refractivity contribution in [3.05, 3.63) is 82.2 Å². The van der Waals surface area contributed by atoms with Crippen LogP contribution in [0, 0.1) is 0 Å². The van der Waals surface area contributed by atoms with Gasteiger partial charge in [0.25, 0.3) is 5.91 Å². The molecule has 0 radical (unpaired) electrons. The Hall–Kier alpha value is -2.35. The summed E-state index contributed by atoms with van der Waals surface area (Å²) in [5.74, 6) is -0.266. The van der Waals surface area contributed by atoms with Crippen LogP contribution in [0.25, 0.3) is 0 Å². The molecule has 0 bridgehead atoms. The molecule has 0 saturated carbocycles. The highest BCUT2D eigenvalue weighted by Crippen LogP contribution is 2.28. The number of thiophene rings is 1. The van der Waals surface area contributed by atoms with Gasteiger partial charge in [0.2, 0.25) is 0 Å². The molecule has 0 spiro atoms. The van der Waals surface area contributed by atoms with Gasteiger partial charge in [-0.25, -0.2) is 0 Å². The summed E-state index contributed by atoms with van der Waals surface area (Å²) in [5.41, 5.74) is 1.27. The first-order valence-electron chi connectivity index (χ1n) is 7.56. The first kappa shape index (κ1) is 18.4. The van der Waals surface area contributed by atoms with Gasteiger partial charge in [-0.15, -0.1) is 11.3 Å². The van der Waals surface area contributed by atoms with E-state index in [1.165, 1.54) is 24.3 Å². The predicted octanol–water partition coefficient (Wildman–Crippen LogP) is 4.10. The molecule has 1 aromatic heterocycles. The minimum Gasteiger partial charge on any atom is -0.378 e. The number of benzene rings is 2. The molecular formula is C18H14ClNO4S2. The van der Waals surface area contributed by atoms with E-state index in [4.69, 9.17) is 15.8 Å². The van der Waals surface area contributed by atoms with Crippen LogP contribution >= 0.6 is 22.9 Å². The first-order valence-corrected chi connectivity index (χ1v) is 10.2. The van der Waals surface area contributed by atoms with E-state index in [0.29, 0.717) is 16.4 Å². The zero-order valence-corrected chi connectivity index (χ0v) is 15.8. The largest absolute Gasteiger partial charge is 0.378 e. The van der Waals surface area contributed by atoms with Crippen molar-refractivity contribution in [3.8, 4) is 5.75 Å². The summed E-state index contributed by atoms with van der Waals surface area (Å²) in [6, 6.07) is 18.3. The Balaban J connectivity index is 1.70. The van der Waals surface area contributed by atoms with E-state index in [1.807, 2.05) is 30.3 Å². The van der Waals surface area contributed by atoms with Crippen LogP contribution in [0.3, 0.4) is 0 Å². The van der Waals surface area contributed by atoms with Gasteiger partial charge in [0, 0.05) is 12.1 Å². The van der Waals surface area contributed by atoms with Gasteiger partial charge in [-0.1, -0.05) is 48.0 Å². The van der Waals surface area contributed by atoms with Gasteiger partial charge in [-0.3, -0.25) is 4.79 Å². The van der Waals surface area contributed by atoms with Crippen molar-refractivity contribution in [3.63, 3.8) is 0 Å². The number of rotatable bonds is 6. The van der Waals surface area contributed by atoms with E-state index in [9.17, 15) is 13.2 Å². The maximum absolute atomic E-state index is 12.3. The van der Waals surface area contributed by atoms with Crippen LogP contribution in [0.2, 0.25) is 4.34 Å². The Morgan fingerprint density at radius 3 is 2.50 bits per heavy atom. The maximum Gasteiger partial charge on any atom is 0.348 e. The monoisotopic (exact) mass is 407 g/mol. The van der Waals surface area contributed by atoms with Crippen molar-refractivity contribution in [2.75, 3.05) is 0 Å². The van der Waals surface area contributed by atoms with Crippen molar-refractivity contribution < 1.29 is 17.4 Å². The molecule has 0 fully saturated rings. The van der Waals surface area contributed by atoms with E-state index >= 15 is 0 Å². The summed E-state index contributed by atoms with van der Waals surface area (Å²) in [6.45, 7) is 0.372. The SMILES string of the molecule is O=C(NCc1ccccc1)c1cccc(OS(=O)(=O)c2ccc(Cl)s2)c1. The summed E-state index contributed by atoms with van der Waals surface area (Å²) in [4.78, 5) is 12.3. The van der Waals surface area contributed by atoms with Gasteiger partial charge in [0.15, 0.2) is 4.21 Å². The van der Waals surface area contributed by atoms with Crippen molar-refractivity contribution in [2.45, 2.75) is 10.8 Å². The molecule has 0 aliphatic heterocycles. The normalized spacial score (nSPS) is 11.1. The topological polar surface area (TPSA) is 72.5 Å². The average molecular weight is 408 g/mol. The molecule has 0 atom stereocenters. The quantitative estimate of drug-likeness (QED) is 0.624. The summed E-state index contributed by atoms with van der Waals surface area (Å²) in [6.07, 6.45) is 0. The molecule has 1 amide bonds. The lowest BCUT2D eigenvalue weighted by molar-refractivity contribution is 0.0950. The Kier molecular flexibility index (Phi) is 5.61. The van der Waals surface area contributed by atoms with Gasteiger partial charge in [-0.05, 0) is 35.9 Å². The fraction of sp³-hybridized carbons (Fsp3) is 0.0556. The second kappa shape index (κ2) is 7.90. The molecule has 0 unspecified atom stereocenters. The molecule has 26 heavy (non-hydrogen) atoms. The summed E-state index contributed by atoms with van der Waals surface area (Å²) in [5, 5.41) is 2.78. The highest BCUT2D eigenvalue weighted by atomic mass is 35.5. The van der Waals surface area contributed by atoms with E-state index in [2.05, 4.69) is 5.32 Å². The molecular weight excluding hydrogens is 394 g/mol. The fourth-order valence-electron chi connectivity index (χ4n) is 2.17. The highest BCUT2D eigenvalue weighted by Gasteiger charge is 2.19. The Bertz CT molecular complexity index is 1020. The van der Waals surface area contributed by atoms with E-state index in [1.54, 1.807) is 12.1 Å². The molecule has 134 valence electrons. The lowest BCUT2D eigenvalue weighted by atomic mass is 10.2. The highest BCUT2D eigenvalue weighted by molar-refractivity contribution is 7.89. The molecule has 1 N–H and O–H groups in total. The second-order valence-electron chi connectivity index (χ2n) is 5.29. The molecule has 0 aliphatic carbocycles. The van der Waals surface area contributed by atoms with Crippen LogP contribution in [0.5, 0.6) is 5.75 Å². The minimum atomic E-state index is -3.99. The van der Waals surface area contributed by atoms with E-state index in [-0.39, 0.29) is 15.9 Å². The number of nitrogens with one attached hydrogen (secondary N) is 1. The summed E-state index contributed by atoms with van der Waals surface area (Å²) in [7, 11) is -3.99. The van der Waals surface area contributed by atoms with E-state index < -0.39 is 10.1 Å². The second-order valence-corrected chi connectivity index (χ2v) is 8.78. The lowest BCUT2D eigenvalue weighted by Crippen LogP contribution is -2.22. The summed E-state index contributed by atoms with van der Waals surface area (Å²) >= 11 is 6.67. The zero-order valence-electron chi connectivity index (χ0n) is 13.4. The third kappa shape index (κ3) is 4.63. The molecule has 3 rings (SSSR count). The number of amides is 1. The standard InChI is InChI=1S/C18H14ClNO4S2/c19-16-9-10-17(25-16)26(22,23)24-15-8-4-7-14(11-15)18(21)20-12-13-5-2-1-3-6-13/h1-11H,12H2,(H,20,21). The van der Waals surface area contributed by atoms with Gasteiger partial charge in [0.05, 0.1) is 4.34 Å². The minimum absolute atomic E-state index is 0.00133. The molecule has 2 aromatic carbocycles. The number of carbonyl (C=O) groups is 1. The number of hydrogen-bond donors (Lipinski definition) is 1. The molecule has 1 heterocycles. The van der Waals surface area contributed by atoms with Gasteiger partial charge >= 0.3 is 10.1 Å². The van der Waals surface area contributed by atoms with Crippen molar-refractivity contribution in [2.24, 2.45) is 0 Å². The molecule has 0 saturated heterocycles. The van der Waals surface area contributed by atoms with Crippen LogP contribution in [0.4, 0.5) is 0 Å². The molecule has 8 heteroatoms. The third-order valence-electron chi connectivity index (χ3n) is 3.39.